The molecule has 0 saturated carbocycles. The highest BCUT2D eigenvalue weighted by Gasteiger charge is 2.37. The van der Waals surface area contributed by atoms with Crippen LogP contribution in [0.25, 0.3) is 22.1 Å². The summed E-state index contributed by atoms with van der Waals surface area (Å²) >= 11 is 0. The second-order valence-electron chi connectivity index (χ2n) is 6.89. The van der Waals surface area contributed by atoms with Crippen molar-refractivity contribution in [2.75, 3.05) is 20.2 Å². The first-order valence-electron chi connectivity index (χ1n) is 9.39. The third kappa shape index (κ3) is 4.18. The fraction of sp³-hybridized carbons (Fsp3) is 0.300. The molecule has 1 aliphatic rings. The van der Waals surface area contributed by atoms with E-state index in [0.717, 1.165) is 0 Å². The lowest BCUT2D eigenvalue weighted by atomic mass is 10.1. The smallest absolute Gasteiger partial charge is 0.293 e. The Kier molecular flexibility index (Phi) is 5.29. The molecule has 1 aliphatic heterocycles. The maximum absolute atomic E-state index is 13.5. The zero-order valence-electron chi connectivity index (χ0n) is 16.5. The van der Waals surface area contributed by atoms with Gasteiger partial charge in [-0.3, -0.25) is 9.78 Å². The number of aromatic nitrogens is 5. The van der Waals surface area contributed by atoms with Crippen molar-refractivity contribution in [3.8, 4) is 23.1 Å². The van der Waals surface area contributed by atoms with Crippen molar-refractivity contribution in [2.24, 2.45) is 0 Å². The van der Waals surface area contributed by atoms with E-state index in [0.29, 0.717) is 22.9 Å². The number of methoxy groups -OCH3 is 1. The van der Waals surface area contributed by atoms with E-state index in [1.165, 1.54) is 29.1 Å². The molecule has 11 heteroatoms. The lowest BCUT2D eigenvalue weighted by Gasteiger charge is -2.30. The number of nitrogens with zero attached hydrogens (tertiary/aromatic N) is 7. The molecule has 4 rings (SSSR count). The predicted molar refractivity (Wildman–Crippen MR) is 105 cm³/mol. The third-order valence-corrected chi connectivity index (χ3v) is 4.86. The lowest BCUT2D eigenvalue weighted by Crippen LogP contribution is -2.43. The monoisotopic (exact) mass is 425 g/mol. The number of piperidine rings is 1. The topological polar surface area (TPSA) is 90.4 Å². The highest BCUT2D eigenvalue weighted by atomic mass is 19.3. The van der Waals surface area contributed by atoms with Crippen LogP contribution in [-0.2, 0) is 0 Å². The van der Waals surface area contributed by atoms with Gasteiger partial charge in [0.2, 0.25) is 17.4 Å². The summed E-state index contributed by atoms with van der Waals surface area (Å²) < 4.78 is 33.4. The van der Waals surface area contributed by atoms with Crippen molar-refractivity contribution >= 4 is 11.6 Å². The van der Waals surface area contributed by atoms with Gasteiger partial charge < -0.3 is 9.64 Å². The zero-order valence-corrected chi connectivity index (χ0v) is 16.5. The maximum atomic E-state index is 13.5. The van der Waals surface area contributed by atoms with Crippen molar-refractivity contribution in [2.45, 2.75) is 18.8 Å². The molecule has 0 radical (unpaired) electrons. The zero-order chi connectivity index (χ0) is 22.0. The lowest BCUT2D eigenvalue weighted by molar-refractivity contribution is -0.0496. The van der Waals surface area contributed by atoms with Gasteiger partial charge in [0.25, 0.3) is 11.8 Å². The van der Waals surface area contributed by atoms with E-state index in [9.17, 15) is 13.6 Å². The molecular weight excluding hydrogens is 408 g/mol. The van der Waals surface area contributed by atoms with Gasteiger partial charge in [-0.25, -0.2) is 28.3 Å². The molecule has 0 unspecified atom stereocenters. The number of hydrogen-bond acceptors (Lipinski definition) is 6. The predicted octanol–water partition coefficient (Wildman–Crippen LogP) is 3.15. The van der Waals surface area contributed by atoms with Crippen molar-refractivity contribution < 1.29 is 18.3 Å². The molecule has 1 saturated heterocycles. The van der Waals surface area contributed by atoms with E-state index in [1.54, 1.807) is 24.3 Å². The number of ether oxygens (including phenoxy) is 1. The van der Waals surface area contributed by atoms with Crippen LogP contribution in [0.2, 0.25) is 0 Å². The van der Waals surface area contributed by atoms with Gasteiger partial charge in [-0.1, -0.05) is 6.07 Å². The van der Waals surface area contributed by atoms with Crippen LogP contribution in [0.1, 0.15) is 23.5 Å². The number of likely N-dealkylation sites (tertiary alicyclic amines) is 1. The summed E-state index contributed by atoms with van der Waals surface area (Å²) in [4.78, 5) is 30.2. The summed E-state index contributed by atoms with van der Waals surface area (Å²) in [6, 6.07) is 6.49. The molecule has 0 N–H and O–H groups in total. The largest absolute Gasteiger partial charge is 0.481 e. The van der Waals surface area contributed by atoms with E-state index in [2.05, 4.69) is 24.9 Å². The Hall–Kier alpha value is -3.94. The molecule has 0 bridgehead atoms. The Morgan fingerprint density at radius 2 is 1.94 bits per heavy atom. The number of alkyl halides is 2. The number of hydrogen-bond donors (Lipinski definition) is 0. The summed E-state index contributed by atoms with van der Waals surface area (Å²) in [7, 11) is 1.49. The fourth-order valence-electron chi connectivity index (χ4n) is 3.13. The number of carbonyl (C=O) groups excluding carboxylic acids is 1. The minimum Gasteiger partial charge on any atom is -0.481 e. The quantitative estimate of drug-likeness (QED) is 0.597. The molecule has 3 aromatic rings. The molecule has 158 valence electrons. The van der Waals surface area contributed by atoms with Crippen LogP contribution in [0.5, 0.6) is 5.88 Å². The highest BCUT2D eigenvalue weighted by Crippen LogP contribution is 2.29. The first kappa shape index (κ1) is 20.3. The van der Waals surface area contributed by atoms with Crippen LogP contribution in [0.4, 0.5) is 14.5 Å². The van der Waals surface area contributed by atoms with Crippen molar-refractivity contribution in [1.29, 1.82) is 0 Å². The molecule has 31 heavy (non-hydrogen) atoms. The van der Waals surface area contributed by atoms with E-state index in [-0.39, 0.29) is 24.7 Å². The molecule has 9 nitrogen and oxygen atoms in total. The molecule has 0 atom stereocenters. The number of rotatable bonds is 4. The highest BCUT2D eigenvalue weighted by molar-refractivity contribution is 5.91. The Bertz CT molecular complexity index is 1130. The maximum Gasteiger partial charge on any atom is 0.293 e. The van der Waals surface area contributed by atoms with Gasteiger partial charge in [0.15, 0.2) is 5.82 Å². The average molecular weight is 425 g/mol. The first-order chi connectivity index (χ1) is 14.9. The van der Waals surface area contributed by atoms with Crippen LogP contribution in [0.3, 0.4) is 0 Å². The Morgan fingerprint density at radius 1 is 1.16 bits per heavy atom. The normalized spacial score (nSPS) is 15.4. The van der Waals surface area contributed by atoms with Gasteiger partial charge in [0, 0.05) is 38.2 Å². The number of pyridine rings is 2. The van der Waals surface area contributed by atoms with Gasteiger partial charge in [-0.05, 0) is 12.1 Å². The second kappa shape index (κ2) is 8.06. The number of halogens is 2. The average Bonchev–Trinajstić information content (AvgIpc) is 3.24. The van der Waals surface area contributed by atoms with Crippen LogP contribution < -0.4 is 4.74 Å². The van der Waals surface area contributed by atoms with Gasteiger partial charge in [0.1, 0.15) is 5.69 Å². The van der Waals surface area contributed by atoms with Crippen LogP contribution in [0, 0.1) is 6.57 Å². The van der Waals surface area contributed by atoms with Crippen molar-refractivity contribution in [3.05, 3.63) is 53.9 Å². The van der Waals surface area contributed by atoms with Crippen molar-refractivity contribution in [3.63, 3.8) is 0 Å². The summed E-state index contributed by atoms with van der Waals surface area (Å²) in [6.45, 7) is 6.92. The number of amides is 1. The van der Waals surface area contributed by atoms with E-state index in [4.69, 9.17) is 11.3 Å². The summed E-state index contributed by atoms with van der Waals surface area (Å²) in [5.74, 6) is -2.77. The second-order valence-corrected chi connectivity index (χ2v) is 6.89. The van der Waals surface area contributed by atoms with E-state index < -0.39 is 24.7 Å². The van der Waals surface area contributed by atoms with Gasteiger partial charge >= 0.3 is 0 Å². The van der Waals surface area contributed by atoms with Crippen LogP contribution in [-0.4, -0.2) is 61.7 Å². The van der Waals surface area contributed by atoms with Gasteiger partial charge in [-0.15, -0.1) is 5.10 Å². The minimum absolute atomic E-state index is 0.0717. The standard InChI is InChI=1S/C20H17F2N7O2/c1-23-13-3-5-15(24-11-13)18-26-17(19(30)28-9-7-20(21,22)8-10-28)27-29(18)14-4-6-16(31-2)25-12-14/h3-6,11-12H,7-10H2,2H3. The summed E-state index contributed by atoms with van der Waals surface area (Å²) in [6.07, 6.45) is 2.10. The van der Waals surface area contributed by atoms with Gasteiger partial charge in [0.05, 0.1) is 25.6 Å². The van der Waals surface area contributed by atoms with Crippen LogP contribution >= 0.6 is 0 Å². The molecule has 1 fully saturated rings. The van der Waals surface area contributed by atoms with Gasteiger partial charge in [-0.2, -0.15) is 0 Å². The third-order valence-electron chi connectivity index (χ3n) is 4.86. The van der Waals surface area contributed by atoms with E-state index >= 15 is 0 Å². The SMILES string of the molecule is [C-]#[N+]c1ccc(-c2nc(C(=O)N3CCC(F)(F)CC3)nn2-c2ccc(OC)nc2)nc1. The first-order valence-corrected chi connectivity index (χ1v) is 9.39. The van der Waals surface area contributed by atoms with Crippen LogP contribution in [0.15, 0.2) is 36.7 Å². The molecular formula is C20H17F2N7O2. The molecule has 0 spiro atoms. The van der Waals surface area contributed by atoms with E-state index in [1.807, 2.05) is 0 Å². The Labute approximate surface area is 176 Å². The molecule has 4 heterocycles. The number of carbonyl (C=O) groups is 1. The summed E-state index contributed by atoms with van der Waals surface area (Å²) in [5, 5.41) is 4.31. The molecule has 1 amide bonds. The molecule has 0 aromatic carbocycles. The Balaban J connectivity index is 1.72. The molecule has 0 aliphatic carbocycles. The minimum atomic E-state index is -2.77. The fourth-order valence-corrected chi connectivity index (χ4v) is 3.13. The summed E-state index contributed by atoms with van der Waals surface area (Å²) in [5.41, 5.74) is 1.25. The Morgan fingerprint density at radius 3 is 2.52 bits per heavy atom. The van der Waals surface area contributed by atoms with Crippen molar-refractivity contribution in [1.82, 2.24) is 29.6 Å². The molecule has 3 aromatic heterocycles.